The standard InChI is InChI=1S/C14H19NO/c1-4-5-6-10-7-8-12-11(9-10)14(2,3)13(16)15-12/h7-9H,4-6H2,1-3H3,(H,15,16). The highest BCUT2D eigenvalue weighted by atomic mass is 16.2. The van der Waals surface area contributed by atoms with E-state index in [0.717, 1.165) is 17.7 Å². The van der Waals surface area contributed by atoms with Crippen LogP contribution in [0.1, 0.15) is 44.7 Å². The Bertz CT molecular complexity index is 421. The first-order valence-corrected chi connectivity index (χ1v) is 6.00. The summed E-state index contributed by atoms with van der Waals surface area (Å²) in [5.74, 6) is 0.107. The molecule has 0 bridgehead atoms. The maximum atomic E-state index is 11.8. The molecule has 0 fully saturated rings. The molecule has 0 aliphatic carbocycles. The Hall–Kier alpha value is -1.31. The number of anilines is 1. The third-order valence-electron chi connectivity index (χ3n) is 3.39. The van der Waals surface area contributed by atoms with Crippen LogP contribution < -0.4 is 5.32 Å². The highest BCUT2D eigenvalue weighted by Crippen LogP contribution is 2.37. The average molecular weight is 217 g/mol. The van der Waals surface area contributed by atoms with Crippen molar-refractivity contribution < 1.29 is 4.79 Å². The molecule has 16 heavy (non-hydrogen) atoms. The van der Waals surface area contributed by atoms with Gasteiger partial charge >= 0.3 is 0 Å². The van der Waals surface area contributed by atoms with Crippen molar-refractivity contribution in [2.75, 3.05) is 5.32 Å². The maximum absolute atomic E-state index is 11.8. The lowest BCUT2D eigenvalue weighted by Crippen LogP contribution is -2.26. The summed E-state index contributed by atoms with van der Waals surface area (Å²) < 4.78 is 0. The topological polar surface area (TPSA) is 29.1 Å². The summed E-state index contributed by atoms with van der Waals surface area (Å²) in [6.45, 7) is 6.16. The summed E-state index contributed by atoms with van der Waals surface area (Å²) in [7, 11) is 0. The maximum Gasteiger partial charge on any atom is 0.234 e. The number of fused-ring (bicyclic) bond motifs is 1. The van der Waals surface area contributed by atoms with Gasteiger partial charge in [0.05, 0.1) is 5.41 Å². The number of hydrogen-bond acceptors (Lipinski definition) is 1. The molecule has 2 rings (SSSR count). The van der Waals surface area contributed by atoms with Crippen molar-refractivity contribution in [1.82, 2.24) is 0 Å². The number of unbranched alkanes of at least 4 members (excludes halogenated alkanes) is 1. The number of hydrogen-bond donors (Lipinski definition) is 1. The molecule has 0 saturated carbocycles. The van der Waals surface area contributed by atoms with Gasteiger partial charge in [-0.15, -0.1) is 0 Å². The first-order valence-electron chi connectivity index (χ1n) is 6.00. The Morgan fingerprint density at radius 1 is 1.31 bits per heavy atom. The van der Waals surface area contributed by atoms with Gasteiger partial charge in [-0.1, -0.05) is 25.5 Å². The molecule has 0 aromatic heterocycles. The predicted molar refractivity (Wildman–Crippen MR) is 66.7 cm³/mol. The van der Waals surface area contributed by atoms with Crippen LogP contribution in [0.2, 0.25) is 0 Å². The Labute approximate surface area is 97.1 Å². The molecule has 2 nitrogen and oxygen atoms in total. The van der Waals surface area contributed by atoms with Gasteiger partial charge in [0.2, 0.25) is 5.91 Å². The van der Waals surface area contributed by atoms with E-state index in [1.54, 1.807) is 0 Å². The fourth-order valence-corrected chi connectivity index (χ4v) is 2.15. The molecule has 1 aromatic rings. The lowest BCUT2D eigenvalue weighted by Gasteiger charge is -2.15. The van der Waals surface area contributed by atoms with Crippen LogP contribution in [0.3, 0.4) is 0 Å². The minimum atomic E-state index is -0.377. The van der Waals surface area contributed by atoms with Crippen molar-refractivity contribution in [3.63, 3.8) is 0 Å². The fourth-order valence-electron chi connectivity index (χ4n) is 2.15. The van der Waals surface area contributed by atoms with Gasteiger partial charge in [0.1, 0.15) is 0 Å². The van der Waals surface area contributed by atoms with Gasteiger partial charge in [-0.25, -0.2) is 0 Å². The van der Waals surface area contributed by atoms with Crippen molar-refractivity contribution >= 4 is 11.6 Å². The van der Waals surface area contributed by atoms with E-state index < -0.39 is 0 Å². The predicted octanol–water partition coefficient (Wildman–Crippen LogP) is 3.26. The summed E-state index contributed by atoms with van der Waals surface area (Å²) >= 11 is 0. The minimum absolute atomic E-state index is 0.107. The minimum Gasteiger partial charge on any atom is -0.325 e. The molecule has 0 unspecified atom stereocenters. The second-order valence-corrected chi connectivity index (χ2v) is 5.06. The van der Waals surface area contributed by atoms with Crippen LogP contribution >= 0.6 is 0 Å². The Morgan fingerprint density at radius 3 is 2.75 bits per heavy atom. The van der Waals surface area contributed by atoms with Crippen LogP contribution in [0.25, 0.3) is 0 Å². The number of carbonyl (C=O) groups excluding carboxylic acids is 1. The van der Waals surface area contributed by atoms with Crippen molar-refractivity contribution in [3.8, 4) is 0 Å². The van der Waals surface area contributed by atoms with Crippen LogP contribution in [0.4, 0.5) is 5.69 Å². The average Bonchev–Trinajstić information content (AvgIpc) is 2.48. The third-order valence-corrected chi connectivity index (χ3v) is 3.39. The van der Waals surface area contributed by atoms with Gasteiger partial charge in [-0.05, 0) is 43.9 Å². The zero-order valence-corrected chi connectivity index (χ0v) is 10.3. The Morgan fingerprint density at radius 2 is 2.06 bits per heavy atom. The summed E-state index contributed by atoms with van der Waals surface area (Å²) in [6.07, 6.45) is 3.52. The van der Waals surface area contributed by atoms with Gasteiger partial charge in [-0.3, -0.25) is 4.79 Å². The molecule has 0 saturated heterocycles. The van der Waals surface area contributed by atoms with Crippen molar-refractivity contribution in [1.29, 1.82) is 0 Å². The molecule has 1 aromatic carbocycles. The third kappa shape index (κ3) is 1.73. The van der Waals surface area contributed by atoms with Crippen LogP contribution in [0.15, 0.2) is 18.2 Å². The Kier molecular flexibility index (Phi) is 2.75. The largest absolute Gasteiger partial charge is 0.325 e. The normalized spacial score (nSPS) is 17.1. The Balaban J connectivity index is 2.33. The molecule has 2 heteroatoms. The van der Waals surface area contributed by atoms with E-state index in [-0.39, 0.29) is 11.3 Å². The summed E-state index contributed by atoms with van der Waals surface area (Å²) in [5, 5.41) is 2.93. The van der Waals surface area contributed by atoms with Crippen LogP contribution in [0.5, 0.6) is 0 Å². The first-order chi connectivity index (χ1) is 7.55. The second kappa shape index (κ2) is 3.93. The number of benzene rings is 1. The summed E-state index contributed by atoms with van der Waals surface area (Å²) in [5.41, 5.74) is 3.09. The van der Waals surface area contributed by atoms with E-state index in [4.69, 9.17) is 0 Å². The number of rotatable bonds is 3. The van der Waals surface area contributed by atoms with E-state index in [1.807, 2.05) is 19.9 Å². The monoisotopic (exact) mass is 217 g/mol. The highest BCUT2D eigenvalue weighted by molar-refractivity contribution is 6.05. The number of aryl methyl sites for hydroxylation is 1. The molecule has 1 aliphatic rings. The van der Waals surface area contributed by atoms with E-state index in [1.165, 1.54) is 18.4 Å². The van der Waals surface area contributed by atoms with Gasteiger partial charge in [0, 0.05) is 5.69 Å². The van der Waals surface area contributed by atoms with Crippen LogP contribution in [0, 0.1) is 0 Å². The summed E-state index contributed by atoms with van der Waals surface area (Å²) in [4.78, 5) is 11.8. The molecule has 86 valence electrons. The number of carbonyl (C=O) groups is 1. The molecule has 1 N–H and O–H groups in total. The number of nitrogens with one attached hydrogen (secondary N) is 1. The van der Waals surface area contributed by atoms with Gasteiger partial charge in [0.25, 0.3) is 0 Å². The van der Waals surface area contributed by atoms with Crippen molar-refractivity contribution in [3.05, 3.63) is 29.3 Å². The van der Waals surface area contributed by atoms with E-state index in [2.05, 4.69) is 24.4 Å². The lowest BCUT2D eigenvalue weighted by atomic mass is 9.85. The molecule has 1 aliphatic heterocycles. The van der Waals surface area contributed by atoms with E-state index in [9.17, 15) is 4.79 Å². The zero-order chi connectivity index (χ0) is 11.8. The molecule has 0 atom stereocenters. The molecular formula is C14H19NO. The van der Waals surface area contributed by atoms with Gasteiger partial charge in [0.15, 0.2) is 0 Å². The van der Waals surface area contributed by atoms with Crippen LogP contribution in [-0.4, -0.2) is 5.91 Å². The summed E-state index contributed by atoms with van der Waals surface area (Å²) in [6, 6.07) is 6.34. The van der Waals surface area contributed by atoms with E-state index >= 15 is 0 Å². The molecule has 1 heterocycles. The number of amides is 1. The SMILES string of the molecule is CCCCc1ccc2c(c1)C(C)(C)C(=O)N2. The molecule has 0 spiro atoms. The van der Waals surface area contributed by atoms with Crippen molar-refractivity contribution in [2.24, 2.45) is 0 Å². The molecule has 1 amide bonds. The van der Waals surface area contributed by atoms with Crippen LogP contribution in [-0.2, 0) is 16.6 Å². The smallest absolute Gasteiger partial charge is 0.234 e. The van der Waals surface area contributed by atoms with Crippen molar-refractivity contribution in [2.45, 2.75) is 45.4 Å². The molecular weight excluding hydrogens is 198 g/mol. The quantitative estimate of drug-likeness (QED) is 0.827. The molecule has 0 radical (unpaired) electrons. The second-order valence-electron chi connectivity index (χ2n) is 5.06. The first kappa shape index (κ1) is 11.2. The van der Waals surface area contributed by atoms with Gasteiger partial charge < -0.3 is 5.32 Å². The van der Waals surface area contributed by atoms with Gasteiger partial charge in [-0.2, -0.15) is 0 Å². The zero-order valence-electron chi connectivity index (χ0n) is 10.3. The van der Waals surface area contributed by atoms with E-state index in [0.29, 0.717) is 0 Å². The highest BCUT2D eigenvalue weighted by Gasteiger charge is 2.38. The fraction of sp³-hybridized carbons (Fsp3) is 0.500. The lowest BCUT2D eigenvalue weighted by molar-refractivity contribution is -0.119.